The van der Waals surface area contributed by atoms with E-state index in [2.05, 4.69) is 34.7 Å². The number of aromatic nitrogens is 2. The number of rotatable bonds is 6. The van der Waals surface area contributed by atoms with Crippen molar-refractivity contribution in [2.75, 3.05) is 37.6 Å². The summed E-state index contributed by atoms with van der Waals surface area (Å²) in [4.78, 5) is 14.0. The van der Waals surface area contributed by atoms with Crippen LogP contribution in [-0.2, 0) is 6.42 Å². The highest BCUT2D eigenvalue weighted by Gasteiger charge is 2.20. The molecule has 0 amide bonds. The Kier molecular flexibility index (Phi) is 5.87. The van der Waals surface area contributed by atoms with E-state index >= 15 is 0 Å². The first kappa shape index (κ1) is 17.7. The van der Waals surface area contributed by atoms with Crippen LogP contribution in [-0.4, -0.2) is 47.6 Å². The molecule has 0 N–H and O–H groups in total. The number of nitrogens with zero attached hydrogens (tertiary/aromatic N) is 4. The monoisotopic (exact) mass is 340 g/mol. The van der Waals surface area contributed by atoms with E-state index in [0.717, 1.165) is 63.0 Å². The summed E-state index contributed by atoms with van der Waals surface area (Å²) in [6.45, 7) is 11.5. The lowest BCUT2D eigenvalue weighted by Crippen LogP contribution is -2.47. The van der Waals surface area contributed by atoms with Crippen molar-refractivity contribution in [3.05, 3.63) is 47.3 Å². The number of anilines is 1. The van der Waals surface area contributed by atoms with Gasteiger partial charge in [0.25, 0.3) is 0 Å². The summed E-state index contributed by atoms with van der Waals surface area (Å²) in [7, 11) is 0. The SMILES string of the molecule is CCCc1cnc(C)nc1N1CCN(CC(C)=Cc2ccco2)CC1. The molecule has 1 aliphatic rings. The van der Waals surface area contributed by atoms with Gasteiger partial charge in [-0.05, 0) is 38.5 Å². The molecule has 2 aromatic heterocycles. The predicted octanol–water partition coefficient (Wildman–Crippen LogP) is 3.56. The summed E-state index contributed by atoms with van der Waals surface area (Å²) in [5, 5.41) is 0. The molecule has 0 aliphatic carbocycles. The number of aryl methyl sites for hydroxylation is 2. The molecule has 0 saturated carbocycles. The normalized spacial score (nSPS) is 16.4. The van der Waals surface area contributed by atoms with Crippen LogP contribution in [0.1, 0.15) is 37.4 Å². The van der Waals surface area contributed by atoms with Crippen LogP contribution < -0.4 is 4.90 Å². The van der Waals surface area contributed by atoms with E-state index in [0.29, 0.717) is 0 Å². The van der Waals surface area contributed by atoms with Gasteiger partial charge in [-0.15, -0.1) is 0 Å². The average molecular weight is 340 g/mol. The van der Waals surface area contributed by atoms with E-state index in [1.54, 1.807) is 6.26 Å². The van der Waals surface area contributed by atoms with Gasteiger partial charge in [0, 0.05) is 44.5 Å². The van der Waals surface area contributed by atoms with Crippen molar-refractivity contribution in [1.82, 2.24) is 14.9 Å². The van der Waals surface area contributed by atoms with Crippen LogP contribution in [0.3, 0.4) is 0 Å². The standard InChI is InChI=1S/C20H28N4O/c1-4-6-18-14-21-17(3)22-20(18)24-10-8-23(9-11-24)15-16(2)13-19-7-5-12-25-19/h5,7,12-14H,4,6,8-11,15H2,1-3H3. The highest BCUT2D eigenvalue weighted by molar-refractivity contribution is 5.48. The third-order valence-corrected chi connectivity index (χ3v) is 4.56. The molecule has 0 bridgehead atoms. The highest BCUT2D eigenvalue weighted by Crippen LogP contribution is 2.21. The van der Waals surface area contributed by atoms with Gasteiger partial charge in [-0.3, -0.25) is 4.90 Å². The molecule has 1 saturated heterocycles. The molecule has 0 aromatic carbocycles. The molecule has 1 aliphatic heterocycles. The van der Waals surface area contributed by atoms with Crippen molar-refractivity contribution in [3.63, 3.8) is 0 Å². The van der Waals surface area contributed by atoms with E-state index in [-0.39, 0.29) is 0 Å². The first-order valence-electron chi connectivity index (χ1n) is 9.16. The van der Waals surface area contributed by atoms with Crippen molar-refractivity contribution in [3.8, 4) is 0 Å². The Labute approximate surface area is 150 Å². The highest BCUT2D eigenvalue weighted by atomic mass is 16.3. The number of hydrogen-bond donors (Lipinski definition) is 0. The fraction of sp³-hybridized carbons (Fsp3) is 0.500. The van der Waals surface area contributed by atoms with Gasteiger partial charge < -0.3 is 9.32 Å². The summed E-state index contributed by atoms with van der Waals surface area (Å²) < 4.78 is 5.40. The topological polar surface area (TPSA) is 45.4 Å². The van der Waals surface area contributed by atoms with Crippen LogP contribution in [0.25, 0.3) is 6.08 Å². The number of hydrogen-bond acceptors (Lipinski definition) is 5. The Bertz CT molecular complexity index is 700. The molecular formula is C20H28N4O. The van der Waals surface area contributed by atoms with Crippen molar-refractivity contribution in [2.45, 2.75) is 33.6 Å². The van der Waals surface area contributed by atoms with Gasteiger partial charge in [0.2, 0.25) is 0 Å². The van der Waals surface area contributed by atoms with E-state index in [1.165, 1.54) is 11.1 Å². The van der Waals surface area contributed by atoms with Gasteiger partial charge in [0.05, 0.1) is 6.26 Å². The van der Waals surface area contributed by atoms with Gasteiger partial charge in [-0.25, -0.2) is 9.97 Å². The van der Waals surface area contributed by atoms with Crippen LogP contribution in [0.5, 0.6) is 0 Å². The Hall–Kier alpha value is -2.14. The minimum atomic E-state index is 0.856. The van der Waals surface area contributed by atoms with Crippen molar-refractivity contribution in [1.29, 1.82) is 0 Å². The minimum absolute atomic E-state index is 0.856. The van der Waals surface area contributed by atoms with Crippen LogP contribution in [0.2, 0.25) is 0 Å². The summed E-state index contributed by atoms with van der Waals surface area (Å²) in [5.74, 6) is 2.92. The van der Waals surface area contributed by atoms with Crippen LogP contribution in [0.4, 0.5) is 5.82 Å². The molecular weight excluding hydrogens is 312 g/mol. The lowest BCUT2D eigenvalue weighted by molar-refractivity contribution is 0.278. The van der Waals surface area contributed by atoms with Gasteiger partial charge >= 0.3 is 0 Å². The molecule has 25 heavy (non-hydrogen) atoms. The smallest absolute Gasteiger partial charge is 0.135 e. The fourth-order valence-corrected chi connectivity index (χ4v) is 3.33. The fourth-order valence-electron chi connectivity index (χ4n) is 3.33. The molecule has 3 heterocycles. The molecule has 3 rings (SSSR count). The van der Waals surface area contributed by atoms with E-state index in [9.17, 15) is 0 Å². The molecule has 5 heteroatoms. The lowest BCUT2D eigenvalue weighted by atomic mass is 10.1. The van der Waals surface area contributed by atoms with Crippen LogP contribution >= 0.6 is 0 Å². The van der Waals surface area contributed by atoms with Crippen LogP contribution in [0, 0.1) is 6.92 Å². The van der Waals surface area contributed by atoms with Gasteiger partial charge in [0.1, 0.15) is 17.4 Å². The van der Waals surface area contributed by atoms with Crippen molar-refractivity contribution in [2.24, 2.45) is 0 Å². The second-order valence-corrected chi connectivity index (χ2v) is 6.79. The summed E-state index contributed by atoms with van der Waals surface area (Å²) in [6, 6.07) is 3.92. The molecule has 0 radical (unpaired) electrons. The number of furan rings is 1. The largest absolute Gasteiger partial charge is 0.465 e. The van der Waals surface area contributed by atoms with E-state index in [1.807, 2.05) is 25.3 Å². The third kappa shape index (κ3) is 4.69. The first-order valence-corrected chi connectivity index (χ1v) is 9.16. The molecule has 134 valence electrons. The lowest BCUT2D eigenvalue weighted by Gasteiger charge is -2.36. The zero-order chi connectivity index (χ0) is 17.6. The van der Waals surface area contributed by atoms with Crippen molar-refractivity contribution >= 4 is 11.9 Å². The molecule has 2 aromatic rings. The number of piperazine rings is 1. The quantitative estimate of drug-likeness (QED) is 0.804. The first-order chi connectivity index (χ1) is 12.2. The summed E-state index contributed by atoms with van der Waals surface area (Å²) >= 11 is 0. The Balaban J connectivity index is 1.59. The molecule has 0 atom stereocenters. The Morgan fingerprint density at radius 2 is 2.08 bits per heavy atom. The van der Waals surface area contributed by atoms with Crippen molar-refractivity contribution < 1.29 is 4.42 Å². The maximum Gasteiger partial charge on any atom is 0.135 e. The summed E-state index contributed by atoms with van der Waals surface area (Å²) in [5.41, 5.74) is 2.60. The molecule has 0 spiro atoms. The average Bonchev–Trinajstić information content (AvgIpc) is 3.10. The zero-order valence-corrected chi connectivity index (χ0v) is 15.5. The second-order valence-electron chi connectivity index (χ2n) is 6.79. The van der Waals surface area contributed by atoms with Gasteiger partial charge in [-0.1, -0.05) is 18.9 Å². The van der Waals surface area contributed by atoms with Gasteiger partial charge in [-0.2, -0.15) is 0 Å². The van der Waals surface area contributed by atoms with Gasteiger partial charge in [0.15, 0.2) is 0 Å². The zero-order valence-electron chi connectivity index (χ0n) is 15.5. The maximum atomic E-state index is 5.40. The third-order valence-electron chi connectivity index (χ3n) is 4.56. The van der Waals surface area contributed by atoms with E-state index in [4.69, 9.17) is 9.40 Å². The Morgan fingerprint density at radius 1 is 1.28 bits per heavy atom. The molecule has 0 unspecified atom stereocenters. The predicted molar refractivity (Wildman–Crippen MR) is 102 cm³/mol. The minimum Gasteiger partial charge on any atom is -0.465 e. The molecule has 1 fully saturated rings. The Morgan fingerprint density at radius 3 is 2.76 bits per heavy atom. The second kappa shape index (κ2) is 8.30. The maximum absolute atomic E-state index is 5.40. The summed E-state index contributed by atoms with van der Waals surface area (Å²) in [6.07, 6.45) is 8.01. The van der Waals surface area contributed by atoms with Crippen LogP contribution in [0.15, 0.2) is 34.6 Å². The van der Waals surface area contributed by atoms with E-state index < -0.39 is 0 Å². The molecule has 5 nitrogen and oxygen atoms in total.